The highest BCUT2D eigenvalue weighted by Crippen LogP contribution is 2.47. The van der Waals surface area contributed by atoms with Gasteiger partial charge in [0.1, 0.15) is 0 Å². The minimum atomic E-state index is 0.216. The zero-order valence-corrected chi connectivity index (χ0v) is 7.95. The number of rotatable bonds is 3. The predicted molar refractivity (Wildman–Crippen MR) is 51.4 cm³/mol. The monoisotopic (exact) mass is 177 g/mol. The molecule has 1 saturated carbocycles. The number of aryl methyl sites for hydroxylation is 1. The van der Waals surface area contributed by atoms with Crippen molar-refractivity contribution in [2.75, 3.05) is 6.61 Å². The van der Waals surface area contributed by atoms with Gasteiger partial charge >= 0.3 is 0 Å². The lowest BCUT2D eigenvalue weighted by atomic mass is 9.98. The summed E-state index contributed by atoms with van der Waals surface area (Å²) in [6, 6.07) is 4.15. The van der Waals surface area contributed by atoms with Crippen LogP contribution in [0.25, 0.3) is 0 Å². The van der Waals surface area contributed by atoms with Gasteiger partial charge in [-0.05, 0) is 49.3 Å². The summed E-state index contributed by atoms with van der Waals surface area (Å²) in [7, 11) is 0. The Hall–Kier alpha value is -0.890. The summed E-state index contributed by atoms with van der Waals surface area (Å²) in [6.45, 7) is 2.33. The van der Waals surface area contributed by atoms with Gasteiger partial charge in [0.25, 0.3) is 0 Å². The first-order chi connectivity index (χ1) is 6.24. The van der Waals surface area contributed by atoms with Crippen molar-refractivity contribution in [2.24, 2.45) is 5.41 Å². The van der Waals surface area contributed by atoms with Crippen molar-refractivity contribution < 1.29 is 5.11 Å². The molecule has 1 heterocycles. The smallest absolute Gasteiger partial charge is 0.0490 e. The zero-order valence-electron chi connectivity index (χ0n) is 7.95. The van der Waals surface area contributed by atoms with E-state index in [1.807, 2.05) is 19.2 Å². The fraction of sp³-hybridized carbons (Fsp3) is 0.545. The van der Waals surface area contributed by atoms with Gasteiger partial charge in [0.05, 0.1) is 0 Å². The van der Waals surface area contributed by atoms with Gasteiger partial charge in [-0.15, -0.1) is 0 Å². The van der Waals surface area contributed by atoms with Crippen LogP contribution in [0.3, 0.4) is 0 Å². The van der Waals surface area contributed by atoms with Crippen LogP contribution in [0.5, 0.6) is 0 Å². The lowest BCUT2D eigenvalue weighted by molar-refractivity contribution is 0.211. The van der Waals surface area contributed by atoms with Crippen LogP contribution in [0.1, 0.15) is 24.1 Å². The Labute approximate surface area is 78.6 Å². The molecule has 1 aliphatic carbocycles. The molecular formula is C11H15NO. The standard InChI is InChI=1S/C11H15NO/c1-9-6-10(2-5-12-9)7-11(8-13)3-4-11/h2,5-6,13H,3-4,7-8H2,1H3. The number of hydrogen-bond acceptors (Lipinski definition) is 2. The van der Waals surface area contributed by atoms with E-state index in [9.17, 15) is 5.11 Å². The molecule has 0 unspecified atom stereocenters. The number of hydrogen-bond donors (Lipinski definition) is 1. The lowest BCUT2D eigenvalue weighted by Gasteiger charge is -2.11. The molecule has 2 heteroatoms. The maximum Gasteiger partial charge on any atom is 0.0490 e. The molecule has 0 bridgehead atoms. The van der Waals surface area contributed by atoms with Crippen molar-refractivity contribution in [3.05, 3.63) is 29.6 Å². The number of pyridine rings is 1. The Morgan fingerprint density at radius 2 is 2.31 bits per heavy atom. The van der Waals surface area contributed by atoms with Crippen LogP contribution in [-0.4, -0.2) is 16.7 Å². The molecule has 13 heavy (non-hydrogen) atoms. The summed E-state index contributed by atoms with van der Waals surface area (Å²) in [5.74, 6) is 0. The minimum absolute atomic E-state index is 0.216. The van der Waals surface area contributed by atoms with Crippen molar-refractivity contribution in [3.63, 3.8) is 0 Å². The second-order valence-electron chi connectivity index (χ2n) is 4.14. The van der Waals surface area contributed by atoms with E-state index in [2.05, 4.69) is 11.1 Å². The molecule has 0 aliphatic heterocycles. The third-order valence-electron chi connectivity index (χ3n) is 2.83. The molecule has 70 valence electrons. The molecule has 2 rings (SSSR count). The van der Waals surface area contributed by atoms with Gasteiger partial charge in [0.15, 0.2) is 0 Å². The van der Waals surface area contributed by atoms with Crippen molar-refractivity contribution in [1.82, 2.24) is 4.98 Å². The van der Waals surface area contributed by atoms with Gasteiger partial charge in [0, 0.05) is 18.5 Å². The highest BCUT2D eigenvalue weighted by molar-refractivity contribution is 5.19. The first-order valence-corrected chi connectivity index (χ1v) is 4.77. The summed E-state index contributed by atoms with van der Waals surface area (Å²) >= 11 is 0. The van der Waals surface area contributed by atoms with Gasteiger partial charge in [-0.1, -0.05) is 0 Å². The molecule has 1 N–H and O–H groups in total. The summed E-state index contributed by atoms with van der Waals surface area (Å²) < 4.78 is 0. The van der Waals surface area contributed by atoms with Crippen LogP contribution in [0, 0.1) is 12.3 Å². The number of aliphatic hydroxyl groups is 1. The Morgan fingerprint density at radius 3 is 2.85 bits per heavy atom. The number of aromatic nitrogens is 1. The highest BCUT2D eigenvalue weighted by Gasteiger charge is 2.41. The van der Waals surface area contributed by atoms with Crippen LogP contribution in [-0.2, 0) is 6.42 Å². The second kappa shape index (κ2) is 3.11. The van der Waals surface area contributed by atoms with Crippen molar-refractivity contribution >= 4 is 0 Å². The SMILES string of the molecule is Cc1cc(CC2(CO)CC2)ccn1. The summed E-state index contributed by atoms with van der Waals surface area (Å²) in [4.78, 5) is 4.15. The van der Waals surface area contributed by atoms with Crippen molar-refractivity contribution in [2.45, 2.75) is 26.2 Å². The van der Waals surface area contributed by atoms with Crippen molar-refractivity contribution in [3.8, 4) is 0 Å². The maximum absolute atomic E-state index is 9.17. The van der Waals surface area contributed by atoms with E-state index in [4.69, 9.17) is 0 Å². The average molecular weight is 177 g/mol. The molecule has 2 nitrogen and oxygen atoms in total. The van der Waals surface area contributed by atoms with E-state index in [1.165, 1.54) is 18.4 Å². The quantitative estimate of drug-likeness (QED) is 0.762. The zero-order chi connectivity index (χ0) is 9.31. The lowest BCUT2D eigenvalue weighted by Crippen LogP contribution is -2.10. The van der Waals surface area contributed by atoms with Crippen molar-refractivity contribution in [1.29, 1.82) is 0 Å². The molecule has 1 aromatic heterocycles. The van der Waals surface area contributed by atoms with Crippen LogP contribution in [0.2, 0.25) is 0 Å². The first kappa shape index (κ1) is 8.70. The topological polar surface area (TPSA) is 33.1 Å². The average Bonchev–Trinajstić information content (AvgIpc) is 2.86. The Kier molecular flexibility index (Phi) is 2.08. The molecule has 1 aromatic rings. The molecule has 0 spiro atoms. The van der Waals surface area contributed by atoms with Gasteiger partial charge in [-0.3, -0.25) is 4.98 Å². The van der Waals surface area contributed by atoms with Crippen LogP contribution in [0.4, 0.5) is 0 Å². The summed E-state index contributed by atoms with van der Waals surface area (Å²) in [6.07, 6.45) is 5.20. The van der Waals surface area contributed by atoms with Crippen LogP contribution >= 0.6 is 0 Å². The molecular weight excluding hydrogens is 162 g/mol. The van der Waals surface area contributed by atoms with Gasteiger partial charge in [-0.25, -0.2) is 0 Å². The molecule has 1 aliphatic rings. The third-order valence-corrected chi connectivity index (χ3v) is 2.83. The Bertz CT molecular complexity index is 305. The molecule has 0 amide bonds. The molecule has 0 saturated heterocycles. The summed E-state index contributed by atoms with van der Waals surface area (Å²) in [5, 5.41) is 9.17. The Morgan fingerprint density at radius 1 is 1.54 bits per heavy atom. The first-order valence-electron chi connectivity index (χ1n) is 4.77. The van der Waals surface area contributed by atoms with E-state index in [1.54, 1.807) is 0 Å². The minimum Gasteiger partial charge on any atom is -0.396 e. The largest absolute Gasteiger partial charge is 0.396 e. The van der Waals surface area contributed by atoms with E-state index in [-0.39, 0.29) is 5.41 Å². The molecule has 1 fully saturated rings. The Balaban J connectivity index is 2.09. The van der Waals surface area contributed by atoms with Gasteiger partial charge < -0.3 is 5.11 Å². The van der Waals surface area contributed by atoms with Gasteiger partial charge in [0.2, 0.25) is 0 Å². The van der Waals surface area contributed by atoms with Crippen LogP contribution in [0.15, 0.2) is 18.3 Å². The molecule has 0 atom stereocenters. The normalized spacial score (nSPS) is 18.6. The number of nitrogens with zero attached hydrogens (tertiary/aromatic N) is 1. The van der Waals surface area contributed by atoms with E-state index < -0.39 is 0 Å². The molecule has 0 aromatic carbocycles. The third kappa shape index (κ3) is 1.89. The van der Waals surface area contributed by atoms with Gasteiger partial charge in [-0.2, -0.15) is 0 Å². The predicted octanol–water partition coefficient (Wildman–Crippen LogP) is 1.71. The highest BCUT2D eigenvalue weighted by atomic mass is 16.3. The fourth-order valence-electron chi connectivity index (χ4n) is 1.71. The molecule has 0 radical (unpaired) electrons. The fourth-order valence-corrected chi connectivity index (χ4v) is 1.71. The maximum atomic E-state index is 9.17. The summed E-state index contributed by atoms with van der Waals surface area (Å²) in [5.41, 5.74) is 2.58. The van der Waals surface area contributed by atoms with Crippen LogP contribution < -0.4 is 0 Å². The van der Waals surface area contributed by atoms with E-state index in [0.29, 0.717) is 6.61 Å². The second-order valence-corrected chi connectivity index (χ2v) is 4.14. The van der Waals surface area contributed by atoms with E-state index >= 15 is 0 Å². The van der Waals surface area contributed by atoms with E-state index in [0.717, 1.165) is 12.1 Å². The number of aliphatic hydroxyl groups excluding tert-OH is 1.